The van der Waals surface area contributed by atoms with Gasteiger partial charge in [-0.2, -0.15) is 11.6 Å². The van der Waals surface area contributed by atoms with Crippen molar-refractivity contribution in [2.24, 2.45) is 35.5 Å². The summed E-state index contributed by atoms with van der Waals surface area (Å²) >= 11 is 1.46. The summed E-state index contributed by atoms with van der Waals surface area (Å²) in [4.78, 5) is 0. The van der Waals surface area contributed by atoms with Gasteiger partial charge in [-0.15, -0.1) is 39.7 Å². The van der Waals surface area contributed by atoms with Gasteiger partial charge in [0.25, 0.3) is 0 Å². The standard InChI is InChI=1S/C21H25.C16H21.C15H14.Zr/c1-20(2,3)16-9-7-14-11-15-8-10-17(21(4,5)6)13-19(15)18(14)12-16;1-10-2-3-13(4-10)16-14-6-11-5-12(8-14)9-15(16)7-11;1-12-3-7-14(8-4-12)11-15-9-5-13(2)6-10-15;/h7-13H,1-6H3;3-4,10-12,14-16H,5-9H2,1H3;3-10H,1-2H3;/q2*-1;;+2. The Morgan fingerprint density at radius 3 is 1.43 bits per heavy atom. The molecule has 0 radical (unpaired) electrons. The SMILES string of the molecule is CC(C)(C)c1ccc2[cH-]c3ccc(C(C)(C)C)cc3c2c1.CC1[C-]=CC(C2C3CC4CC(C3)CC2C4)=C1.Cc1ccc([C](=[Zr+2])c2ccc(C)cc2)cc1. The first-order valence-corrected chi connectivity index (χ1v) is 21.5. The van der Waals surface area contributed by atoms with E-state index in [1.165, 1.54) is 108 Å². The van der Waals surface area contributed by atoms with E-state index in [9.17, 15) is 0 Å². The number of hydrogen-bond donors (Lipinski definition) is 0. The van der Waals surface area contributed by atoms with Gasteiger partial charge in [0.05, 0.1) is 0 Å². The van der Waals surface area contributed by atoms with Crippen molar-refractivity contribution in [2.75, 3.05) is 0 Å². The molecule has 5 aromatic carbocycles. The molecule has 1 heteroatoms. The van der Waals surface area contributed by atoms with E-state index in [1.807, 2.05) is 0 Å². The van der Waals surface area contributed by atoms with Gasteiger partial charge in [-0.3, -0.25) is 6.08 Å². The molecule has 0 spiro atoms. The van der Waals surface area contributed by atoms with Gasteiger partial charge in [-0.25, -0.2) is 6.08 Å². The summed E-state index contributed by atoms with van der Waals surface area (Å²) in [5, 5.41) is 5.49. The van der Waals surface area contributed by atoms with Crippen molar-refractivity contribution >= 4 is 24.8 Å². The Morgan fingerprint density at radius 1 is 0.623 bits per heavy atom. The first-order valence-electron chi connectivity index (χ1n) is 20.3. The minimum atomic E-state index is 0.194. The molecule has 0 amide bonds. The molecule has 0 aliphatic heterocycles. The van der Waals surface area contributed by atoms with Crippen molar-refractivity contribution < 1.29 is 24.2 Å². The summed E-state index contributed by atoms with van der Waals surface area (Å²) in [6.07, 6.45) is 16.0. The molecule has 272 valence electrons. The Hall–Kier alpha value is -3.02. The molecule has 0 saturated heterocycles. The van der Waals surface area contributed by atoms with Crippen molar-refractivity contribution in [3.63, 3.8) is 0 Å². The number of benzene rings is 4. The van der Waals surface area contributed by atoms with Crippen LogP contribution in [-0.2, 0) is 35.1 Å². The van der Waals surface area contributed by atoms with E-state index in [2.05, 4.69) is 172 Å². The van der Waals surface area contributed by atoms with Gasteiger partial charge in [0.2, 0.25) is 0 Å². The maximum atomic E-state index is 3.46. The molecule has 5 aliphatic carbocycles. The maximum absolute atomic E-state index is 3.46. The van der Waals surface area contributed by atoms with Gasteiger partial charge >= 0.3 is 112 Å². The molecule has 0 nitrogen and oxygen atoms in total. The first-order chi connectivity index (χ1) is 25.1. The van der Waals surface area contributed by atoms with Crippen molar-refractivity contribution in [1.29, 1.82) is 0 Å². The number of fused-ring (bicyclic) bond motifs is 3. The first kappa shape index (κ1) is 38.3. The predicted molar refractivity (Wildman–Crippen MR) is 226 cm³/mol. The quantitative estimate of drug-likeness (QED) is 0.160. The van der Waals surface area contributed by atoms with Crippen LogP contribution in [0.4, 0.5) is 0 Å². The topological polar surface area (TPSA) is 0 Å². The van der Waals surface area contributed by atoms with E-state index < -0.39 is 0 Å². The van der Waals surface area contributed by atoms with Crippen LogP contribution in [-0.4, -0.2) is 3.21 Å². The fourth-order valence-electron chi connectivity index (χ4n) is 9.83. The molecule has 1 atom stereocenters. The fraction of sp³-hybridized carbons (Fsp3) is 0.423. The molecule has 0 heterocycles. The fourth-order valence-corrected chi connectivity index (χ4v) is 10.6. The van der Waals surface area contributed by atoms with Crippen LogP contribution in [0.25, 0.3) is 21.5 Å². The van der Waals surface area contributed by atoms with Crippen LogP contribution in [0, 0.1) is 55.4 Å². The second-order valence-electron chi connectivity index (χ2n) is 19.1. The van der Waals surface area contributed by atoms with Crippen LogP contribution >= 0.6 is 0 Å². The monoisotopic (exact) mass is 774 g/mol. The van der Waals surface area contributed by atoms with Crippen LogP contribution in [0.15, 0.2) is 109 Å². The van der Waals surface area contributed by atoms with Gasteiger partial charge in [-0.1, -0.05) is 95.7 Å². The van der Waals surface area contributed by atoms with Crippen LogP contribution in [0.1, 0.15) is 114 Å². The summed E-state index contributed by atoms with van der Waals surface area (Å²) < 4.78 is 1.42. The van der Waals surface area contributed by atoms with Crippen LogP contribution in [0.3, 0.4) is 0 Å². The minimum absolute atomic E-state index is 0.194. The molecule has 53 heavy (non-hydrogen) atoms. The molecule has 1 unspecified atom stereocenters. The summed E-state index contributed by atoms with van der Waals surface area (Å²) in [5.41, 5.74) is 10.2. The summed E-state index contributed by atoms with van der Waals surface area (Å²) in [6, 6.07) is 33.7. The van der Waals surface area contributed by atoms with E-state index in [-0.39, 0.29) is 10.8 Å². The number of allylic oxidation sites excluding steroid dienone is 4. The van der Waals surface area contributed by atoms with Gasteiger partial charge < -0.3 is 0 Å². The zero-order chi connectivity index (χ0) is 37.7. The Kier molecular flexibility index (Phi) is 11.0. The number of rotatable bonds is 3. The van der Waals surface area contributed by atoms with Crippen LogP contribution < -0.4 is 0 Å². The van der Waals surface area contributed by atoms with E-state index in [1.54, 1.807) is 12.0 Å². The van der Waals surface area contributed by atoms with E-state index >= 15 is 0 Å². The molecule has 5 aromatic rings. The molecule has 4 bridgehead atoms. The molecule has 0 N–H and O–H groups in total. The van der Waals surface area contributed by atoms with Crippen molar-refractivity contribution in [3.05, 3.63) is 148 Å². The van der Waals surface area contributed by atoms with Crippen molar-refractivity contribution in [3.8, 4) is 0 Å². The molecule has 4 saturated carbocycles. The van der Waals surface area contributed by atoms with E-state index in [0.29, 0.717) is 5.92 Å². The average molecular weight is 776 g/mol. The number of aryl methyl sites for hydroxylation is 2. The Balaban J connectivity index is 0.000000125. The van der Waals surface area contributed by atoms with Gasteiger partial charge in [0, 0.05) is 0 Å². The second-order valence-corrected chi connectivity index (χ2v) is 20.3. The summed E-state index contributed by atoms with van der Waals surface area (Å²) in [7, 11) is 0. The predicted octanol–water partition coefficient (Wildman–Crippen LogP) is 13.7. The third-order valence-corrected chi connectivity index (χ3v) is 14.1. The second kappa shape index (κ2) is 15.3. The normalized spacial score (nSPS) is 24.5. The van der Waals surface area contributed by atoms with E-state index in [4.69, 9.17) is 0 Å². The molecule has 5 aliphatic rings. The molecule has 0 aromatic heterocycles. The van der Waals surface area contributed by atoms with Gasteiger partial charge in [0.1, 0.15) is 0 Å². The summed E-state index contributed by atoms with van der Waals surface area (Å²) in [5.74, 6) is 5.77. The van der Waals surface area contributed by atoms with Crippen molar-refractivity contribution in [2.45, 2.75) is 105 Å². The Morgan fingerprint density at radius 2 is 1.06 bits per heavy atom. The average Bonchev–Trinajstić information content (AvgIpc) is 3.70. The Labute approximate surface area is 335 Å². The molecular weight excluding hydrogens is 716 g/mol. The zero-order valence-corrected chi connectivity index (χ0v) is 36.3. The molecular formula is C52H60Zr. The van der Waals surface area contributed by atoms with Gasteiger partial charge in [0.15, 0.2) is 0 Å². The van der Waals surface area contributed by atoms with Crippen LogP contribution in [0.2, 0.25) is 0 Å². The third kappa shape index (κ3) is 8.62. The van der Waals surface area contributed by atoms with Crippen LogP contribution in [0.5, 0.6) is 0 Å². The number of hydrogen-bond acceptors (Lipinski definition) is 0. The van der Waals surface area contributed by atoms with Gasteiger partial charge in [-0.05, 0) is 66.6 Å². The van der Waals surface area contributed by atoms with Crippen molar-refractivity contribution in [1.82, 2.24) is 0 Å². The zero-order valence-electron chi connectivity index (χ0n) is 33.8. The third-order valence-electron chi connectivity index (χ3n) is 12.7. The molecule has 4 fully saturated rings. The Bertz CT molecular complexity index is 1990. The van der Waals surface area contributed by atoms with E-state index in [0.717, 1.165) is 29.6 Å². The molecule has 10 rings (SSSR count). The summed E-state index contributed by atoms with van der Waals surface area (Å²) in [6.45, 7) is 20.2.